The second kappa shape index (κ2) is 8.92. The first-order valence-electron chi connectivity index (χ1n) is 9.51. The zero-order valence-corrected chi connectivity index (χ0v) is 16.2. The van der Waals surface area contributed by atoms with Gasteiger partial charge >= 0.3 is 5.97 Å². The second-order valence-corrected chi connectivity index (χ2v) is 8.19. The van der Waals surface area contributed by atoms with Crippen molar-refractivity contribution >= 4 is 28.3 Å². The van der Waals surface area contributed by atoms with Crippen LogP contribution in [0.2, 0.25) is 0 Å². The Morgan fingerprint density at radius 3 is 2.69 bits per heavy atom. The minimum Gasteiger partial charge on any atom is -0.480 e. The van der Waals surface area contributed by atoms with Crippen LogP contribution in [0.3, 0.4) is 0 Å². The van der Waals surface area contributed by atoms with E-state index < -0.39 is 5.97 Å². The van der Waals surface area contributed by atoms with Crippen LogP contribution in [0.5, 0.6) is 0 Å². The molecule has 0 radical (unpaired) electrons. The van der Waals surface area contributed by atoms with Crippen molar-refractivity contribution in [1.82, 2.24) is 14.8 Å². The lowest BCUT2D eigenvalue weighted by Gasteiger charge is -2.37. The third-order valence-corrected chi connectivity index (χ3v) is 6.35. The number of thiazole rings is 1. The molecule has 0 aromatic carbocycles. The maximum Gasteiger partial charge on any atom is 0.317 e. The number of aromatic nitrogens is 1. The standard InChI is InChI=1S/C18H28N4O3S/c1-2-22(12-17(24)25)13-7-9-21(10-8-13)11-16(23)20-18-19-14-5-3-4-6-15(14)26-18/h13H,2-12H2,1H3,(H,24,25)(H,19,20,23). The summed E-state index contributed by atoms with van der Waals surface area (Å²) in [7, 11) is 0. The van der Waals surface area contributed by atoms with Gasteiger partial charge in [-0.1, -0.05) is 6.92 Å². The number of likely N-dealkylation sites (N-methyl/N-ethyl adjacent to an activating group) is 1. The maximum absolute atomic E-state index is 12.3. The molecule has 1 aromatic rings. The first-order chi connectivity index (χ1) is 12.5. The van der Waals surface area contributed by atoms with Gasteiger partial charge in [0, 0.05) is 24.0 Å². The van der Waals surface area contributed by atoms with Crippen LogP contribution in [0, 0.1) is 0 Å². The number of nitrogens with zero attached hydrogens (tertiary/aromatic N) is 3. The fraction of sp³-hybridized carbons (Fsp3) is 0.722. The topological polar surface area (TPSA) is 85.8 Å². The van der Waals surface area contributed by atoms with Crippen LogP contribution in [-0.4, -0.2) is 70.5 Å². The molecule has 1 aliphatic heterocycles. The van der Waals surface area contributed by atoms with E-state index in [0.717, 1.165) is 56.1 Å². The number of likely N-dealkylation sites (tertiary alicyclic amines) is 1. The Kier molecular flexibility index (Phi) is 6.61. The number of piperidine rings is 1. The van der Waals surface area contributed by atoms with Gasteiger partial charge in [-0.3, -0.25) is 19.4 Å². The number of nitrogens with one attached hydrogen (secondary N) is 1. The molecule has 0 bridgehead atoms. The molecular weight excluding hydrogens is 352 g/mol. The number of amides is 1. The van der Waals surface area contributed by atoms with Crippen LogP contribution in [0.15, 0.2) is 0 Å². The number of carboxylic acid groups (broad SMARTS) is 1. The van der Waals surface area contributed by atoms with Gasteiger partial charge in [0.15, 0.2) is 5.13 Å². The molecule has 8 heteroatoms. The van der Waals surface area contributed by atoms with E-state index in [0.29, 0.717) is 12.6 Å². The van der Waals surface area contributed by atoms with Crippen molar-refractivity contribution in [1.29, 1.82) is 0 Å². The Morgan fingerprint density at radius 1 is 1.31 bits per heavy atom. The number of carboxylic acids is 1. The van der Waals surface area contributed by atoms with Crippen LogP contribution in [0.1, 0.15) is 43.2 Å². The van der Waals surface area contributed by atoms with Crippen molar-refractivity contribution in [2.45, 2.75) is 51.5 Å². The zero-order chi connectivity index (χ0) is 18.5. The molecule has 1 aliphatic carbocycles. The van der Waals surface area contributed by atoms with E-state index in [1.54, 1.807) is 11.3 Å². The van der Waals surface area contributed by atoms with Gasteiger partial charge in [-0.25, -0.2) is 4.98 Å². The average Bonchev–Trinajstić information content (AvgIpc) is 3.02. The van der Waals surface area contributed by atoms with E-state index in [1.165, 1.54) is 17.7 Å². The van der Waals surface area contributed by atoms with Crippen LogP contribution in [0.4, 0.5) is 5.13 Å². The van der Waals surface area contributed by atoms with Crippen molar-refractivity contribution in [3.8, 4) is 0 Å². The van der Waals surface area contributed by atoms with Crippen molar-refractivity contribution in [2.75, 3.05) is 38.0 Å². The lowest BCUT2D eigenvalue weighted by atomic mass is 10.0. The Bertz CT molecular complexity index is 617. The van der Waals surface area contributed by atoms with Gasteiger partial charge in [0.1, 0.15) is 0 Å². The Balaban J connectivity index is 1.44. The number of hydrogen-bond donors (Lipinski definition) is 2. The highest BCUT2D eigenvalue weighted by Crippen LogP contribution is 2.29. The molecule has 1 saturated heterocycles. The predicted octanol–water partition coefficient (Wildman–Crippen LogP) is 1.83. The third kappa shape index (κ3) is 5.02. The summed E-state index contributed by atoms with van der Waals surface area (Å²) in [6.45, 7) is 4.85. The first kappa shape index (κ1) is 19.3. The molecule has 0 unspecified atom stereocenters. The predicted molar refractivity (Wildman–Crippen MR) is 102 cm³/mol. The summed E-state index contributed by atoms with van der Waals surface area (Å²) < 4.78 is 0. The molecule has 144 valence electrons. The van der Waals surface area contributed by atoms with Crippen LogP contribution < -0.4 is 5.32 Å². The lowest BCUT2D eigenvalue weighted by Crippen LogP contribution is -2.48. The number of carbonyl (C=O) groups is 2. The van der Waals surface area contributed by atoms with Crippen LogP contribution in [0.25, 0.3) is 0 Å². The smallest absolute Gasteiger partial charge is 0.317 e. The Hall–Kier alpha value is -1.51. The quantitative estimate of drug-likeness (QED) is 0.751. The molecule has 2 heterocycles. The SMILES string of the molecule is CCN(CC(=O)O)C1CCN(CC(=O)Nc2nc3c(s2)CCCC3)CC1. The first-order valence-corrected chi connectivity index (χ1v) is 10.3. The molecule has 0 atom stereocenters. The Morgan fingerprint density at radius 2 is 2.04 bits per heavy atom. The largest absolute Gasteiger partial charge is 0.480 e. The average molecular weight is 381 g/mol. The van der Waals surface area contributed by atoms with Crippen molar-refractivity contribution < 1.29 is 14.7 Å². The number of rotatable bonds is 7. The summed E-state index contributed by atoms with van der Waals surface area (Å²) in [5.74, 6) is -0.785. The van der Waals surface area contributed by atoms with E-state index in [1.807, 2.05) is 11.8 Å². The molecule has 0 saturated carbocycles. The number of aryl methyl sites for hydroxylation is 2. The molecule has 3 rings (SSSR count). The molecule has 0 spiro atoms. The van der Waals surface area contributed by atoms with Gasteiger partial charge in [-0.15, -0.1) is 11.3 Å². The molecular formula is C18H28N4O3S. The van der Waals surface area contributed by atoms with Gasteiger partial charge in [0.25, 0.3) is 0 Å². The van der Waals surface area contributed by atoms with Gasteiger partial charge in [-0.05, 0) is 45.1 Å². The van der Waals surface area contributed by atoms with Crippen molar-refractivity contribution in [3.05, 3.63) is 10.6 Å². The highest BCUT2D eigenvalue weighted by molar-refractivity contribution is 7.15. The van der Waals surface area contributed by atoms with E-state index in [-0.39, 0.29) is 12.5 Å². The maximum atomic E-state index is 12.3. The fourth-order valence-electron chi connectivity index (χ4n) is 3.88. The normalized spacial score (nSPS) is 18.7. The number of fused-ring (bicyclic) bond motifs is 1. The third-order valence-electron chi connectivity index (χ3n) is 5.28. The van der Waals surface area contributed by atoms with Gasteiger partial charge in [0.05, 0.1) is 18.8 Å². The lowest BCUT2D eigenvalue weighted by molar-refractivity contribution is -0.139. The minimum absolute atomic E-state index is 0.00701. The molecule has 1 aromatic heterocycles. The highest BCUT2D eigenvalue weighted by atomic mass is 32.1. The van der Waals surface area contributed by atoms with Gasteiger partial charge < -0.3 is 10.4 Å². The van der Waals surface area contributed by atoms with Crippen molar-refractivity contribution in [2.24, 2.45) is 0 Å². The number of aliphatic carboxylic acids is 1. The summed E-state index contributed by atoms with van der Waals surface area (Å²) in [5.41, 5.74) is 1.16. The van der Waals surface area contributed by atoms with Gasteiger partial charge in [-0.2, -0.15) is 0 Å². The fourth-order valence-corrected chi connectivity index (χ4v) is 4.95. The minimum atomic E-state index is -0.778. The molecule has 1 fully saturated rings. The molecule has 7 nitrogen and oxygen atoms in total. The highest BCUT2D eigenvalue weighted by Gasteiger charge is 2.26. The summed E-state index contributed by atoms with van der Waals surface area (Å²) in [5, 5.41) is 12.7. The van der Waals surface area contributed by atoms with Crippen LogP contribution >= 0.6 is 11.3 Å². The second-order valence-electron chi connectivity index (χ2n) is 7.11. The molecule has 2 aliphatic rings. The molecule has 1 amide bonds. The summed E-state index contributed by atoms with van der Waals surface area (Å²) in [6, 6.07) is 0.293. The summed E-state index contributed by atoms with van der Waals surface area (Å²) >= 11 is 1.61. The Labute approximate surface area is 158 Å². The number of carbonyl (C=O) groups excluding carboxylic acids is 1. The van der Waals surface area contributed by atoms with E-state index in [2.05, 4.69) is 15.2 Å². The van der Waals surface area contributed by atoms with E-state index >= 15 is 0 Å². The van der Waals surface area contributed by atoms with E-state index in [9.17, 15) is 9.59 Å². The monoisotopic (exact) mass is 380 g/mol. The number of hydrogen-bond acceptors (Lipinski definition) is 6. The number of anilines is 1. The van der Waals surface area contributed by atoms with E-state index in [4.69, 9.17) is 5.11 Å². The molecule has 2 N–H and O–H groups in total. The van der Waals surface area contributed by atoms with Crippen molar-refractivity contribution in [3.63, 3.8) is 0 Å². The van der Waals surface area contributed by atoms with Gasteiger partial charge in [0.2, 0.25) is 5.91 Å². The van der Waals surface area contributed by atoms with Crippen LogP contribution in [-0.2, 0) is 22.4 Å². The summed E-state index contributed by atoms with van der Waals surface area (Å²) in [6.07, 6.45) is 6.32. The summed E-state index contributed by atoms with van der Waals surface area (Å²) in [4.78, 5) is 33.3. The molecule has 26 heavy (non-hydrogen) atoms. The zero-order valence-electron chi connectivity index (χ0n) is 15.4.